The number of hydrogen-bond acceptors (Lipinski definition) is 4. The van der Waals surface area contributed by atoms with Gasteiger partial charge in [0.25, 0.3) is 5.91 Å². The number of rotatable bonds is 7. The van der Waals surface area contributed by atoms with Gasteiger partial charge in [-0.15, -0.1) is 11.8 Å². The fourth-order valence-corrected chi connectivity index (χ4v) is 2.90. The number of benzene rings is 2. The van der Waals surface area contributed by atoms with Crippen molar-refractivity contribution in [1.82, 2.24) is 5.32 Å². The zero-order valence-electron chi connectivity index (χ0n) is 13.7. The second kappa shape index (κ2) is 8.89. The van der Waals surface area contributed by atoms with E-state index >= 15 is 0 Å². The van der Waals surface area contributed by atoms with E-state index in [9.17, 15) is 14.4 Å². The monoisotopic (exact) mass is 357 g/mol. The van der Waals surface area contributed by atoms with Crippen LogP contribution in [0.3, 0.4) is 0 Å². The third-order valence-electron chi connectivity index (χ3n) is 3.24. The predicted molar refractivity (Wildman–Crippen MR) is 98.4 cm³/mol. The first kappa shape index (κ1) is 18.5. The highest BCUT2D eigenvalue weighted by Gasteiger charge is 2.15. The van der Waals surface area contributed by atoms with Crippen molar-refractivity contribution in [2.75, 3.05) is 11.9 Å². The number of amides is 3. The first-order valence-electron chi connectivity index (χ1n) is 7.65. The lowest BCUT2D eigenvalue weighted by Crippen LogP contribution is -2.33. The van der Waals surface area contributed by atoms with Crippen molar-refractivity contribution < 1.29 is 14.4 Å². The molecule has 1 atom stereocenters. The van der Waals surface area contributed by atoms with Crippen LogP contribution in [-0.4, -0.2) is 29.5 Å². The molecule has 25 heavy (non-hydrogen) atoms. The minimum Gasteiger partial charge on any atom is -0.368 e. The van der Waals surface area contributed by atoms with Crippen molar-refractivity contribution in [3.8, 4) is 0 Å². The Morgan fingerprint density at radius 2 is 1.80 bits per heavy atom. The van der Waals surface area contributed by atoms with Gasteiger partial charge in [0.1, 0.15) is 0 Å². The van der Waals surface area contributed by atoms with E-state index in [2.05, 4.69) is 10.6 Å². The molecule has 0 fully saturated rings. The highest BCUT2D eigenvalue weighted by Crippen LogP contribution is 2.23. The van der Waals surface area contributed by atoms with Crippen LogP contribution in [0.2, 0.25) is 0 Å². The van der Waals surface area contributed by atoms with Gasteiger partial charge in [-0.25, -0.2) is 0 Å². The fourth-order valence-electron chi connectivity index (χ4n) is 2.01. The van der Waals surface area contributed by atoms with Crippen LogP contribution >= 0.6 is 11.8 Å². The second-order valence-corrected chi connectivity index (χ2v) is 6.71. The Balaban J connectivity index is 1.97. The van der Waals surface area contributed by atoms with E-state index in [0.29, 0.717) is 11.3 Å². The zero-order chi connectivity index (χ0) is 18.2. The summed E-state index contributed by atoms with van der Waals surface area (Å²) in [6.45, 7) is 1.58. The molecule has 0 spiro atoms. The van der Waals surface area contributed by atoms with Crippen LogP contribution in [-0.2, 0) is 9.59 Å². The molecule has 0 radical (unpaired) electrons. The Kier molecular flexibility index (Phi) is 6.59. The molecular weight excluding hydrogens is 338 g/mol. The summed E-state index contributed by atoms with van der Waals surface area (Å²) in [6.07, 6.45) is 0. The maximum Gasteiger partial charge on any atom is 0.251 e. The summed E-state index contributed by atoms with van der Waals surface area (Å²) in [7, 11) is 0. The van der Waals surface area contributed by atoms with Crippen LogP contribution in [0, 0.1) is 0 Å². The quantitative estimate of drug-likeness (QED) is 0.660. The van der Waals surface area contributed by atoms with Gasteiger partial charge < -0.3 is 16.4 Å². The van der Waals surface area contributed by atoms with E-state index < -0.39 is 11.8 Å². The number of primary amides is 1. The molecule has 0 saturated carbocycles. The van der Waals surface area contributed by atoms with Crippen molar-refractivity contribution in [2.45, 2.75) is 17.1 Å². The Bertz CT molecular complexity index is 765. The number of carbonyl (C=O) groups excluding carboxylic acids is 3. The number of carbonyl (C=O) groups is 3. The Labute approximate surface area is 150 Å². The van der Waals surface area contributed by atoms with Crippen molar-refractivity contribution in [3.05, 3.63) is 60.2 Å². The molecule has 2 aromatic rings. The van der Waals surface area contributed by atoms with Gasteiger partial charge in [-0.1, -0.05) is 24.3 Å². The van der Waals surface area contributed by atoms with Crippen LogP contribution in [0.15, 0.2) is 59.5 Å². The zero-order valence-corrected chi connectivity index (χ0v) is 14.5. The van der Waals surface area contributed by atoms with Crippen LogP contribution < -0.4 is 16.4 Å². The molecule has 0 aliphatic carbocycles. The third kappa shape index (κ3) is 5.96. The van der Waals surface area contributed by atoms with Gasteiger partial charge >= 0.3 is 0 Å². The SMILES string of the molecule is CC(Sc1ccccc1)C(=O)Nc1cccc(C(=O)NCC(N)=O)c1. The molecule has 3 amide bonds. The maximum absolute atomic E-state index is 12.3. The molecule has 1 unspecified atom stereocenters. The van der Waals surface area contributed by atoms with Crippen LogP contribution in [0.25, 0.3) is 0 Å². The van der Waals surface area contributed by atoms with E-state index in [-0.39, 0.29) is 17.7 Å². The van der Waals surface area contributed by atoms with Crippen LogP contribution in [0.1, 0.15) is 17.3 Å². The Morgan fingerprint density at radius 3 is 2.48 bits per heavy atom. The number of nitrogens with one attached hydrogen (secondary N) is 2. The number of hydrogen-bond donors (Lipinski definition) is 3. The lowest BCUT2D eigenvalue weighted by molar-refractivity contribution is -0.117. The average molecular weight is 357 g/mol. The standard InChI is InChI=1S/C18H19N3O3S/c1-12(25-15-8-3-2-4-9-15)17(23)21-14-7-5-6-13(10-14)18(24)20-11-16(19)22/h2-10,12H,11H2,1H3,(H2,19,22)(H,20,24)(H,21,23). The van der Waals surface area contributed by atoms with Gasteiger partial charge in [-0.3, -0.25) is 14.4 Å². The van der Waals surface area contributed by atoms with Gasteiger partial charge in [0.15, 0.2) is 0 Å². The van der Waals surface area contributed by atoms with Crippen molar-refractivity contribution in [1.29, 1.82) is 0 Å². The van der Waals surface area contributed by atoms with Gasteiger partial charge in [0.05, 0.1) is 11.8 Å². The van der Waals surface area contributed by atoms with E-state index in [0.717, 1.165) is 4.90 Å². The number of nitrogens with two attached hydrogens (primary N) is 1. The van der Waals surface area contributed by atoms with E-state index in [1.54, 1.807) is 24.3 Å². The molecule has 2 rings (SSSR count). The molecule has 6 nitrogen and oxygen atoms in total. The topological polar surface area (TPSA) is 101 Å². The van der Waals surface area contributed by atoms with E-state index in [1.807, 2.05) is 37.3 Å². The molecule has 130 valence electrons. The number of thioether (sulfide) groups is 1. The lowest BCUT2D eigenvalue weighted by atomic mass is 10.2. The Morgan fingerprint density at radius 1 is 1.08 bits per heavy atom. The minimum atomic E-state index is -0.621. The maximum atomic E-state index is 12.3. The highest BCUT2D eigenvalue weighted by atomic mass is 32.2. The molecule has 0 heterocycles. The molecular formula is C18H19N3O3S. The largest absolute Gasteiger partial charge is 0.368 e. The molecule has 0 bridgehead atoms. The van der Waals surface area contributed by atoms with Gasteiger partial charge in [-0.05, 0) is 37.3 Å². The lowest BCUT2D eigenvalue weighted by Gasteiger charge is -2.12. The summed E-state index contributed by atoms with van der Waals surface area (Å²) in [4.78, 5) is 36.0. The summed E-state index contributed by atoms with van der Waals surface area (Å²) < 4.78 is 0. The summed E-state index contributed by atoms with van der Waals surface area (Å²) in [6, 6.07) is 16.1. The van der Waals surface area contributed by atoms with Gasteiger partial charge in [-0.2, -0.15) is 0 Å². The fraction of sp³-hybridized carbons (Fsp3) is 0.167. The molecule has 0 saturated heterocycles. The minimum absolute atomic E-state index is 0.163. The molecule has 0 aliphatic rings. The second-order valence-electron chi connectivity index (χ2n) is 5.29. The molecule has 0 aliphatic heterocycles. The van der Waals surface area contributed by atoms with E-state index in [4.69, 9.17) is 5.73 Å². The molecule has 4 N–H and O–H groups in total. The first-order chi connectivity index (χ1) is 12.0. The third-order valence-corrected chi connectivity index (χ3v) is 4.35. The Hall–Kier alpha value is -2.80. The summed E-state index contributed by atoms with van der Waals surface area (Å²) in [5.41, 5.74) is 5.85. The summed E-state index contributed by atoms with van der Waals surface area (Å²) in [5, 5.41) is 4.90. The number of anilines is 1. The van der Waals surface area contributed by atoms with Gasteiger partial charge in [0, 0.05) is 16.1 Å². The van der Waals surface area contributed by atoms with E-state index in [1.165, 1.54) is 11.8 Å². The molecule has 2 aromatic carbocycles. The first-order valence-corrected chi connectivity index (χ1v) is 8.53. The summed E-state index contributed by atoms with van der Waals surface area (Å²) >= 11 is 1.45. The van der Waals surface area contributed by atoms with Gasteiger partial charge in [0.2, 0.25) is 11.8 Å². The highest BCUT2D eigenvalue weighted by molar-refractivity contribution is 8.00. The smallest absolute Gasteiger partial charge is 0.251 e. The normalized spacial score (nSPS) is 11.4. The predicted octanol–water partition coefficient (Wildman–Crippen LogP) is 2.02. The molecule has 0 aromatic heterocycles. The van der Waals surface area contributed by atoms with Crippen molar-refractivity contribution in [2.24, 2.45) is 5.73 Å². The summed E-state index contributed by atoms with van der Waals surface area (Å²) in [5.74, 6) is -1.21. The average Bonchev–Trinajstić information content (AvgIpc) is 2.60. The van der Waals surface area contributed by atoms with Crippen molar-refractivity contribution in [3.63, 3.8) is 0 Å². The molecule has 7 heteroatoms. The van der Waals surface area contributed by atoms with Crippen LogP contribution in [0.5, 0.6) is 0 Å². The van der Waals surface area contributed by atoms with Crippen molar-refractivity contribution >= 4 is 35.2 Å². The van der Waals surface area contributed by atoms with Crippen LogP contribution in [0.4, 0.5) is 5.69 Å².